The SMILES string of the molecule is CC(OCCCNC(=O)CCc1ccc2c(c1)OCO2)c1ccccc1. The molecule has 1 amide bonds. The zero-order chi connectivity index (χ0) is 18.2. The Morgan fingerprint density at radius 2 is 1.96 bits per heavy atom. The van der Waals surface area contributed by atoms with E-state index in [1.165, 1.54) is 5.56 Å². The van der Waals surface area contributed by atoms with Crippen molar-refractivity contribution in [3.8, 4) is 11.5 Å². The lowest BCUT2D eigenvalue weighted by molar-refractivity contribution is -0.121. The topological polar surface area (TPSA) is 56.8 Å². The monoisotopic (exact) mass is 355 g/mol. The van der Waals surface area contributed by atoms with E-state index in [4.69, 9.17) is 14.2 Å². The Kier molecular flexibility index (Phi) is 6.50. The van der Waals surface area contributed by atoms with Crippen LogP contribution in [0.15, 0.2) is 48.5 Å². The molecule has 26 heavy (non-hydrogen) atoms. The molecular formula is C21H25NO4. The molecule has 0 spiro atoms. The van der Waals surface area contributed by atoms with Crippen molar-refractivity contribution in [2.45, 2.75) is 32.3 Å². The maximum absolute atomic E-state index is 12.0. The quantitative estimate of drug-likeness (QED) is 0.698. The van der Waals surface area contributed by atoms with Gasteiger partial charge in [-0.1, -0.05) is 36.4 Å². The van der Waals surface area contributed by atoms with Crippen LogP contribution in [0.25, 0.3) is 0 Å². The van der Waals surface area contributed by atoms with Gasteiger partial charge in [0.25, 0.3) is 0 Å². The number of ether oxygens (including phenoxy) is 3. The number of aryl methyl sites for hydroxylation is 1. The van der Waals surface area contributed by atoms with E-state index in [1.54, 1.807) is 0 Å². The maximum Gasteiger partial charge on any atom is 0.231 e. The van der Waals surface area contributed by atoms with E-state index in [0.29, 0.717) is 26.0 Å². The number of rotatable bonds is 9. The Hall–Kier alpha value is -2.53. The van der Waals surface area contributed by atoms with Gasteiger partial charge in [-0.2, -0.15) is 0 Å². The molecule has 1 N–H and O–H groups in total. The Balaban J connectivity index is 1.28. The Morgan fingerprint density at radius 3 is 2.81 bits per heavy atom. The third-order valence-corrected chi connectivity index (χ3v) is 4.36. The summed E-state index contributed by atoms with van der Waals surface area (Å²) in [5.74, 6) is 1.58. The smallest absolute Gasteiger partial charge is 0.231 e. The second-order valence-electron chi connectivity index (χ2n) is 6.31. The Bertz CT molecular complexity index is 717. The minimum atomic E-state index is 0.0544. The summed E-state index contributed by atoms with van der Waals surface area (Å²) < 4.78 is 16.4. The van der Waals surface area contributed by atoms with Crippen LogP contribution < -0.4 is 14.8 Å². The molecule has 0 bridgehead atoms. The summed E-state index contributed by atoms with van der Waals surface area (Å²) in [5.41, 5.74) is 2.24. The summed E-state index contributed by atoms with van der Waals surface area (Å²) in [6.45, 7) is 3.56. The second-order valence-corrected chi connectivity index (χ2v) is 6.31. The number of benzene rings is 2. The normalized spacial score (nSPS) is 13.4. The highest BCUT2D eigenvalue weighted by Crippen LogP contribution is 2.32. The van der Waals surface area contributed by atoms with Crippen LogP contribution in [-0.4, -0.2) is 25.9 Å². The van der Waals surface area contributed by atoms with Crippen molar-refractivity contribution in [1.29, 1.82) is 0 Å². The molecule has 3 rings (SSSR count). The molecule has 5 heteroatoms. The molecule has 0 saturated heterocycles. The molecule has 2 aromatic rings. The fraction of sp³-hybridized carbons (Fsp3) is 0.381. The second kappa shape index (κ2) is 9.25. The minimum Gasteiger partial charge on any atom is -0.454 e. The van der Waals surface area contributed by atoms with Gasteiger partial charge in [-0.3, -0.25) is 4.79 Å². The summed E-state index contributed by atoms with van der Waals surface area (Å²) in [4.78, 5) is 12.0. The summed E-state index contributed by atoms with van der Waals surface area (Å²) in [6, 6.07) is 15.9. The number of carbonyl (C=O) groups is 1. The van der Waals surface area contributed by atoms with Crippen molar-refractivity contribution in [2.75, 3.05) is 19.9 Å². The molecule has 2 aromatic carbocycles. The fourth-order valence-electron chi connectivity index (χ4n) is 2.82. The van der Waals surface area contributed by atoms with E-state index in [-0.39, 0.29) is 18.8 Å². The van der Waals surface area contributed by atoms with Crippen molar-refractivity contribution >= 4 is 5.91 Å². The van der Waals surface area contributed by atoms with Crippen molar-refractivity contribution in [3.05, 3.63) is 59.7 Å². The lowest BCUT2D eigenvalue weighted by Gasteiger charge is -2.13. The van der Waals surface area contributed by atoms with Crippen molar-refractivity contribution in [2.24, 2.45) is 0 Å². The van der Waals surface area contributed by atoms with Gasteiger partial charge >= 0.3 is 0 Å². The van der Waals surface area contributed by atoms with Gasteiger partial charge in [0.2, 0.25) is 12.7 Å². The van der Waals surface area contributed by atoms with Gasteiger partial charge < -0.3 is 19.5 Å². The predicted molar refractivity (Wildman–Crippen MR) is 99.3 cm³/mol. The van der Waals surface area contributed by atoms with Crippen LogP contribution in [0, 0.1) is 0 Å². The molecule has 0 aromatic heterocycles. The molecule has 0 fully saturated rings. The first-order chi connectivity index (χ1) is 12.7. The summed E-state index contributed by atoms with van der Waals surface area (Å²) in [6.07, 6.45) is 2.01. The zero-order valence-electron chi connectivity index (χ0n) is 15.1. The first-order valence-electron chi connectivity index (χ1n) is 9.04. The number of carbonyl (C=O) groups excluding carboxylic acids is 1. The highest BCUT2D eigenvalue weighted by atomic mass is 16.7. The van der Waals surface area contributed by atoms with E-state index in [1.807, 2.05) is 43.3 Å². The van der Waals surface area contributed by atoms with E-state index in [0.717, 1.165) is 23.5 Å². The number of hydrogen-bond acceptors (Lipinski definition) is 4. The van der Waals surface area contributed by atoms with Crippen molar-refractivity contribution < 1.29 is 19.0 Å². The summed E-state index contributed by atoms with van der Waals surface area (Å²) in [7, 11) is 0. The molecule has 1 unspecified atom stereocenters. The van der Waals surface area contributed by atoms with E-state index < -0.39 is 0 Å². The van der Waals surface area contributed by atoms with Crippen LogP contribution in [0.1, 0.15) is 37.0 Å². The molecule has 5 nitrogen and oxygen atoms in total. The molecule has 1 aliphatic heterocycles. The van der Waals surface area contributed by atoms with Gasteiger partial charge in [0.1, 0.15) is 0 Å². The van der Waals surface area contributed by atoms with E-state index in [2.05, 4.69) is 17.4 Å². The third kappa shape index (κ3) is 5.23. The van der Waals surface area contributed by atoms with Crippen LogP contribution in [0.3, 0.4) is 0 Å². The number of fused-ring (bicyclic) bond motifs is 1. The molecule has 138 valence electrons. The fourth-order valence-corrected chi connectivity index (χ4v) is 2.82. The number of amides is 1. The molecule has 1 heterocycles. The number of nitrogens with one attached hydrogen (secondary N) is 1. The lowest BCUT2D eigenvalue weighted by Crippen LogP contribution is -2.25. The average molecular weight is 355 g/mol. The maximum atomic E-state index is 12.0. The standard InChI is InChI=1S/C21H25NO4/c1-16(18-6-3-2-4-7-18)24-13-5-12-22-21(23)11-9-17-8-10-19-20(14-17)26-15-25-19/h2-4,6-8,10,14,16H,5,9,11-13,15H2,1H3,(H,22,23). The summed E-state index contributed by atoms with van der Waals surface area (Å²) >= 11 is 0. The van der Waals surface area contributed by atoms with Crippen LogP contribution in [0.4, 0.5) is 0 Å². The van der Waals surface area contributed by atoms with E-state index in [9.17, 15) is 4.79 Å². The molecule has 0 radical (unpaired) electrons. The van der Waals surface area contributed by atoms with E-state index >= 15 is 0 Å². The van der Waals surface area contributed by atoms with Gasteiger partial charge in [0, 0.05) is 19.6 Å². The largest absolute Gasteiger partial charge is 0.454 e. The highest BCUT2D eigenvalue weighted by molar-refractivity contribution is 5.76. The van der Waals surface area contributed by atoms with Crippen molar-refractivity contribution in [3.63, 3.8) is 0 Å². The molecular weight excluding hydrogens is 330 g/mol. The Labute approximate surface area is 154 Å². The molecule has 1 atom stereocenters. The van der Waals surface area contributed by atoms with Gasteiger partial charge in [0.15, 0.2) is 11.5 Å². The Morgan fingerprint density at radius 1 is 1.15 bits per heavy atom. The van der Waals surface area contributed by atoms with Crippen LogP contribution in [0.2, 0.25) is 0 Å². The predicted octanol–water partition coefficient (Wildman–Crippen LogP) is 3.63. The average Bonchev–Trinajstić information content (AvgIpc) is 3.14. The number of hydrogen-bond donors (Lipinski definition) is 1. The van der Waals surface area contributed by atoms with Gasteiger partial charge in [0.05, 0.1) is 6.10 Å². The molecule has 1 aliphatic rings. The summed E-state index contributed by atoms with van der Waals surface area (Å²) in [5, 5.41) is 2.94. The first kappa shape index (κ1) is 18.3. The minimum absolute atomic E-state index is 0.0544. The third-order valence-electron chi connectivity index (χ3n) is 4.36. The lowest BCUT2D eigenvalue weighted by atomic mass is 10.1. The van der Waals surface area contributed by atoms with Crippen LogP contribution >= 0.6 is 0 Å². The zero-order valence-corrected chi connectivity index (χ0v) is 15.1. The van der Waals surface area contributed by atoms with Crippen LogP contribution in [-0.2, 0) is 16.0 Å². The van der Waals surface area contributed by atoms with Gasteiger partial charge in [-0.25, -0.2) is 0 Å². The molecule has 0 saturated carbocycles. The molecule has 0 aliphatic carbocycles. The first-order valence-corrected chi connectivity index (χ1v) is 9.04. The van der Waals surface area contributed by atoms with Gasteiger partial charge in [-0.15, -0.1) is 0 Å². The van der Waals surface area contributed by atoms with Gasteiger partial charge in [-0.05, 0) is 43.0 Å². The highest BCUT2D eigenvalue weighted by Gasteiger charge is 2.13. The van der Waals surface area contributed by atoms with Crippen molar-refractivity contribution in [1.82, 2.24) is 5.32 Å². The van der Waals surface area contributed by atoms with Crippen LogP contribution in [0.5, 0.6) is 11.5 Å².